The first-order valence-corrected chi connectivity index (χ1v) is 6.55. The molecule has 0 saturated carbocycles. The van der Waals surface area contributed by atoms with Gasteiger partial charge in [-0.1, -0.05) is 11.6 Å². The van der Waals surface area contributed by atoms with Gasteiger partial charge in [0.25, 0.3) is 0 Å². The molecule has 0 aliphatic carbocycles. The van der Waals surface area contributed by atoms with Crippen molar-refractivity contribution in [3.05, 3.63) is 27.7 Å². The molecule has 5 heteroatoms. The van der Waals surface area contributed by atoms with Crippen molar-refractivity contribution < 1.29 is 0 Å². The average molecular weight is 315 g/mol. The molecule has 1 heterocycles. The van der Waals surface area contributed by atoms with E-state index in [0.717, 1.165) is 29.7 Å². The second-order valence-electron chi connectivity index (χ2n) is 4.44. The zero-order chi connectivity index (χ0) is 12.5. The number of hydrogen-bond acceptors (Lipinski definition) is 3. The average Bonchev–Trinajstić information content (AvgIpc) is 2.66. The second kappa shape index (κ2) is 4.85. The number of anilines is 1. The van der Waals surface area contributed by atoms with Crippen LogP contribution in [0.1, 0.15) is 6.42 Å². The lowest BCUT2D eigenvalue weighted by Crippen LogP contribution is -2.39. The predicted molar refractivity (Wildman–Crippen MR) is 73.2 cm³/mol. The molecule has 1 unspecified atom stereocenters. The van der Waals surface area contributed by atoms with E-state index in [9.17, 15) is 5.26 Å². The number of likely N-dealkylation sites (N-methyl/N-ethyl adjacent to an activating group) is 1. The quantitative estimate of drug-likeness (QED) is 0.911. The molecule has 0 aromatic heterocycles. The van der Waals surface area contributed by atoms with E-state index in [0.29, 0.717) is 5.02 Å². The number of likely N-dealkylation sites (tertiary alicyclic amines) is 1. The van der Waals surface area contributed by atoms with Crippen molar-refractivity contribution in [3.63, 3.8) is 0 Å². The van der Waals surface area contributed by atoms with Gasteiger partial charge in [-0.15, -0.1) is 0 Å². The van der Waals surface area contributed by atoms with E-state index in [1.165, 1.54) is 0 Å². The molecule has 0 amide bonds. The molecule has 3 nitrogen and oxygen atoms in total. The molecule has 1 N–H and O–H groups in total. The van der Waals surface area contributed by atoms with E-state index in [4.69, 9.17) is 11.6 Å². The van der Waals surface area contributed by atoms with Gasteiger partial charge in [-0.25, -0.2) is 0 Å². The lowest BCUT2D eigenvalue weighted by molar-refractivity contribution is 0.403. The first-order chi connectivity index (χ1) is 8.04. The monoisotopic (exact) mass is 313 g/mol. The van der Waals surface area contributed by atoms with E-state index < -0.39 is 5.54 Å². The minimum Gasteiger partial charge on any atom is -0.366 e. The molecule has 1 aromatic rings. The lowest BCUT2D eigenvalue weighted by Gasteiger charge is -2.23. The maximum atomic E-state index is 9.34. The number of halogens is 2. The van der Waals surface area contributed by atoms with Crippen LogP contribution in [-0.4, -0.2) is 30.6 Å². The van der Waals surface area contributed by atoms with Gasteiger partial charge in [0, 0.05) is 23.2 Å². The van der Waals surface area contributed by atoms with Crippen molar-refractivity contribution in [3.8, 4) is 6.07 Å². The van der Waals surface area contributed by atoms with Gasteiger partial charge in [0.2, 0.25) is 0 Å². The normalized spacial score (nSPS) is 24.6. The number of nitrogens with one attached hydrogen (secondary N) is 1. The Balaban J connectivity index is 2.20. The molecule has 1 saturated heterocycles. The van der Waals surface area contributed by atoms with Gasteiger partial charge in [0.05, 0.1) is 11.1 Å². The van der Waals surface area contributed by atoms with Gasteiger partial charge in [-0.3, -0.25) is 0 Å². The van der Waals surface area contributed by atoms with Gasteiger partial charge in [-0.05, 0) is 47.6 Å². The van der Waals surface area contributed by atoms with E-state index >= 15 is 0 Å². The molecule has 1 fully saturated rings. The summed E-state index contributed by atoms with van der Waals surface area (Å²) in [6, 6.07) is 8.00. The fourth-order valence-electron chi connectivity index (χ4n) is 2.07. The van der Waals surface area contributed by atoms with Crippen LogP contribution in [0.4, 0.5) is 5.69 Å². The van der Waals surface area contributed by atoms with Gasteiger partial charge < -0.3 is 10.2 Å². The van der Waals surface area contributed by atoms with Crippen molar-refractivity contribution in [1.82, 2.24) is 4.90 Å². The van der Waals surface area contributed by atoms with Crippen molar-refractivity contribution in [2.24, 2.45) is 0 Å². The minimum absolute atomic E-state index is 0.484. The van der Waals surface area contributed by atoms with Crippen LogP contribution in [0.15, 0.2) is 22.7 Å². The highest BCUT2D eigenvalue weighted by Gasteiger charge is 2.36. The SMILES string of the molecule is CN1CCC(C#N)(Nc2ccc(Cl)c(Br)c2)C1. The van der Waals surface area contributed by atoms with Gasteiger partial charge in [0.1, 0.15) is 5.54 Å². The topological polar surface area (TPSA) is 39.1 Å². The third-order valence-corrected chi connectivity index (χ3v) is 4.19. The molecule has 0 radical (unpaired) electrons. The molecule has 2 rings (SSSR count). The molecular weight excluding hydrogens is 302 g/mol. The van der Waals surface area contributed by atoms with E-state index in [2.05, 4.69) is 32.2 Å². The molecule has 90 valence electrons. The Morgan fingerprint density at radius 3 is 2.88 bits per heavy atom. The van der Waals surface area contributed by atoms with Crippen LogP contribution in [0.3, 0.4) is 0 Å². The predicted octanol–water partition coefficient (Wildman–Crippen LogP) is 3.11. The molecule has 1 aliphatic rings. The van der Waals surface area contributed by atoms with Crippen LogP contribution in [0.5, 0.6) is 0 Å². The molecule has 1 aromatic carbocycles. The van der Waals surface area contributed by atoms with Gasteiger partial charge in [-0.2, -0.15) is 5.26 Å². The van der Waals surface area contributed by atoms with Crippen LogP contribution < -0.4 is 5.32 Å². The maximum Gasteiger partial charge on any atom is 0.139 e. The van der Waals surface area contributed by atoms with Gasteiger partial charge >= 0.3 is 0 Å². The zero-order valence-corrected chi connectivity index (χ0v) is 11.8. The Hall–Kier alpha value is -0.760. The Labute approximate surface area is 114 Å². The highest BCUT2D eigenvalue weighted by atomic mass is 79.9. The van der Waals surface area contributed by atoms with E-state index in [1.807, 2.05) is 25.2 Å². The fraction of sp³-hybridized carbons (Fsp3) is 0.417. The van der Waals surface area contributed by atoms with Crippen molar-refractivity contribution in [1.29, 1.82) is 5.26 Å². The maximum absolute atomic E-state index is 9.34. The number of nitriles is 1. The van der Waals surface area contributed by atoms with Gasteiger partial charge in [0.15, 0.2) is 0 Å². The summed E-state index contributed by atoms with van der Waals surface area (Å²) in [4.78, 5) is 2.15. The molecular formula is C12H13BrClN3. The summed E-state index contributed by atoms with van der Waals surface area (Å²) >= 11 is 9.32. The highest BCUT2D eigenvalue weighted by molar-refractivity contribution is 9.10. The Bertz CT molecular complexity index is 471. The summed E-state index contributed by atoms with van der Waals surface area (Å²) in [7, 11) is 2.03. The van der Waals surface area contributed by atoms with E-state index in [1.54, 1.807) is 0 Å². The summed E-state index contributed by atoms with van der Waals surface area (Å²) < 4.78 is 0.837. The number of nitrogens with zero attached hydrogens (tertiary/aromatic N) is 2. The Kier molecular flexibility index (Phi) is 3.62. The van der Waals surface area contributed by atoms with Crippen molar-refractivity contribution in [2.45, 2.75) is 12.0 Å². The first kappa shape index (κ1) is 12.7. The Morgan fingerprint density at radius 1 is 1.59 bits per heavy atom. The van der Waals surface area contributed by atoms with Crippen molar-refractivity contribution >= 4 is 33.2 Å². The number of rotatable bonds is 2. The highest BCUT2D eigenvalue weighted by Crippen LogP contribution is 2.29. The van der Waals surface area contributed by atoms with E-state index in [-0.39, 0.29) is 0 Å². The largest absolute Gasteiger partial charge is 0.366 e. The zero-order valence-electron chi connectivity index (χ0n) is 9.50. The third-order valence-electron chi connectivity index (χ3n) is 2.98. The fourth-order valence-corrected chi connectivity index (χ4v) is 2.57. The summed E-state index contributed by atoms with van der Waals surface area (Å²) in [5, 5.41) is 13.3. The van der Waals surface area contributed by atoms with Crippen LogP contribution in [0.2, 0.25) is 5.02 Å². The second-order valence-corrected chi connectivity index (χ2v) is 5.70. The summed E-state index contributed by atoms with van der Waals surface area (Å²) in [5.41, 5.74) is 0.431. The lowest BCUT2D eigenvalue weighted by atomic mass is 10.0. The molecule has 1 aliphatic heterocycles. The first-order valence-electron chi connectivity index (χ1n) is 5.38. The third kappa shape index (κ3) is 2.74. The van der Waals surface area contributed by atoms with Crippen LogP contribution >= 0.6 is 27.5 Å². The summed E-state index contributed by atoms with van der Waals surface area (Å²) in [6.07, 6.45) is 0.834. The standard InChI is InChI=1S/C12H13BrClN3/c1-17-5-4-12(7-15,8-17)16-9-2-3-11(14)10(13)6-9/h2-3,6,16H,4-5,8H2,1H3. The van der Waals surface area contributed by atoms with Crippen molar-refractivity contribution in [2.75, 3.05) is 25.5 Å². The molecule has 0 spiro atoms. The summed E-state index contributed by atoms with van der Waals surface area (Å²) in [6.45, 7) is 1.68. The number of hydrogen-bond donors (Lipinski definition) is 1. The minimum atomic E-state index is -0.484. The molecule has 17 heavy (non-hydrogen) atoms. The van der Waals surface area contributed by atoms with Crippen LogP contribution in [0.25, 0.3) is 0 Å². The smallest absolute Gasteiger partial charge is 0.139 e. The van der Waals surface area contributed by atoms with Crippen LogP contribution in [-0.2, 0) is 0 Å². The Morgan fingerprint density at radius 2 is 2.35 bits per heavy atom. The number of benzene rings is 1. The summed E-state index contributed by atoms with van der Waals surface area (Å²) in [5.74, 6) is 0. The molecule has 0 bridgehead atoms. The molecule has 1 atom stereocenters. The van der Waals surface area contributed by atoms with Crippen LogP contribution in [0, 0.1) is 11.3 Å².